The Hall–Kier alpha value is -2.29. The third-order valence-electron chi connectivity index (χ3n) is 4.39. The number of hydrogen-bond acceptors (Lipinski definition) is 8. The molecule has 3 N–H and O–H groups in total. The van der Waals surface area contributed by atoms with Crippen LogP contribution in [0.15, 0.2) is 6.07 Å². The van der Waals surface area contributed by atoms with E-state index >= 15 is 0 Å². The molecule has 1 aliphatic rings. The molecule has 0 aliphatic carbocycles. The lowest BCUT2D eigenvalue weighted by molar-refractivity contribution is -0.145. The van der Waals surface area contributed by atoms with Gasteiger partial charge in [0.15, 0.2) is 11.0 Å². The summed E-state index contributed by atoms with van der Waals surface area (Å²) >= 11 is 5.89. The van der Waals surface area contributed by atoms with Crippen LogP contribution in [0.2, 0.25) is 5.15 Å². The number of nitrogens with one attached hydrogen (secondary N) is 1. The molecule has 1 aliphatic heterocycles. The van der Waals surface area contributed by atoms with Gasteiger partial charge in [-0.3, -0.25) is 0 Å². The molecule has 27 heavy (non-hydrogen) atoms. The second kappa shape index (κ2) is 8.60. The third-order valence-corrected chi connectivity index (χ3v) is 4.58. The molecule has 1 fully saturated rings. The number of aromatic nitrogens is 2. The van der Waals surface area contributed by atoms with Crippen molar-refractivity contribution in [3.8, 4) is 0 Å². The number of halogens is 1. The monoisotopic (exact) mass is 399 g/mol. The minimum atomic E-state index is -0.792. The molecule has 0 saturated carbocycles. The van der Waals surface area contributed by atoms with Gasteiger partial charge in [-0.05, 0) is 5.41 Å². The highest BCUT2D eigenvalue weighted by molar-refractivity contribution is 6.29. The summed E-state index contributed by atoms with van der Waals surface area (Å²) in [7, 11) is 1.29. The van der Waals surface area contributed by atoms with E-state index in [0.717, 1.165) is 5.69 Å². The zero-order chi connectivity index (χ0) is 20.2. The Kier molecular flexibility index (Phi) is 6.69. The Morgan fingerprint density at radius 2 is 1.96 bits per heavy atom. The van der Waals surface area contributed by atoms with Gasteiger partial charge >= 0.3 is 12.1 Å². The van der Waals surface area contributed by atoms with E-state index < -0.39 is 23.5 Å². The number of amides is 1. The zero-order valence-corrected chi connectivity index (χ0v) is 16.7. The van der Waals surface area contributed by atoms with Crippen LogP contribution in [0, 0.1) is 5.41 Å². The molecule has 0 unspecified atom stereocenters. The van der Waals surface area contributed by atoms with E-state index in [1.807, 2.05) is 25.7 Å². The van der Waals surface area contributed by atoms with Crippen molar-refractivity contribution in [3.63, 3.8) is 0 Å². The van der Waals surface area contributed by atoms with Crippen molar-refractivity contribution in [3.05, 3.63) is 11.2 Å². The molecule has 0 aromatic carbocycles. The van der Waals surface area contributed by atoms with Gasteiger partial charge in [-0.1, -0.05) is 32.4 Å². The maximum Gasteiger partial charge on any atom is 0.408 e. The van der Waals surface area contributed by atoms with E-state index in [-0.39, 0.29) is 11.3 Å². The first-order valence-corrected chi connectivity index (χ1v) is 9.08. The van der Waals surface area contributed by atoms with E-state index in [4.69, 9.17) is 26.8 Å². The van der Waals surface area contributed by atoms with Crippen LogP contribution in [0.3, 0.4) is 0 Å². The quantitative estimate of drug-likeness (QED) is 0.737. The Morgan fingerprint density at radius 1 is 1.33 bits per heavy atom. The Bertz CT molecular complexity index is 686. The lowest BCUT2D eigenvalue weighted by Gasteiger charge is -2.34. The highest BCUT2D eigenvalue weighted by Gasteiger charge is 2.35. The number of nitrogens with two attached hydrogens (primary N) is 1. The third kappa shape index (κ3) is 5.59. The average Bonchev–Trinajstić information content (AvgIpc) is 2.61. The minimum absolute atomic E-state index is 0.258. The second-order valence-electron chi connectivity index (χ2n) is 7.50. The van der Waals surface area contributed by atoms with Gasteiger partial charge < -0.3 is 25.4 Å². The van der Waals surface area contributed by atoms with Crippen LogP contribution < -0.4 is 16.0 Å². The Labute approximate surface area is 163 Å². The van der Waals surface area contributed by atoms with Crippen LogP contribution in [0.25, 0.3) is 0 Å². The molecule has 0 bridgehead atoms. The van der Waals surface area contributed by atoms with Crippen molar-refractivity contribution in [1.29, 1.82) is 0 Å². The average molecular weight is 400 g/mol. The predicted molar refractivity (Wildman–Crippen MR) is 102 cm³/mol. The first-order valence-electron chi connectivity index (χ1n) is 8.70. The molecular formula is C17H26ClN5O4. The molecule has 1 aromatic rings. The molecule has 0 spiro atoms. The number of anilines is 2. The molecule has 1 aromatic heterocycles. The lowest BCUT2D eigenvalue weighted by atomic mass is 9.87. The van der Waals surface area contributed by atoms with Crippen LogP contribution in [-0.2, 0) is 14.3 Å². The lowest BCUT2D eigenvalue weighted by Crippen LogP contribution is -2.51. The van der Waals surface area contributed by atoms with Gasteiger partial charge in [0, 0.05) is 32.0 Å². The van der Waals surface area contributed by atoms with Gasteiger partial charge in [-0.15, -0.1) is 10.2 Å². The zero-order valence-electron chi connectivity index (χ0n) is 16.0. The number of alkyl carbamates (subject to hydrolysis) is 1. The molecule has 9 nitrogen and oxygen atoms in total. The highest BCUT2D eigenvalue weighted by atomic mass is 35.5. The molecule has 1 saturated heterocycles. The number of methoxy groups -OCH3 is 1. The van der Waals surface area contributed by atoms with Crippen molar-refractivity contribution >= 4 is 35.2 Å². The largest absolute Gasteiger partial charge is 0.467 e. The summed E-state index contributed by atoms with van der Waals surface area (Å²) in [4.78, 5) is 26.2. The normalized spacial score (nSPS) is 16.6. The van der Waals surface area contributed by atoms with Crippen LogP contribution >= 0.6 is 11.6 Å². The SMILES string of the molecule is COC(=O)[C@@H](NC(=O)OC1CCN(c2cc(Cl)nnc2N)CC1)C(C)(C)C. The topological polar surface area (TPSA) is 120 Å². The van der Waals surface area contributed by atoms with E-state index in [2.05, 4.69) is 15.5 Å². The van der Waals surface area contributed by atoms with Crippen molar-refractivity contribution in [2.75, 3.05) is 30.8 Å². The fourth-order valence-corrected chi connectivity index (χ4v) is 3.03. The Balaban J connectivity index is 1.90. The first-order chi connectivity index (χ1) is 12.6. The van der Waals surface area contributed by atoms with Gasteiger partial charge in [0.1, 0.15) is 12.1 Å². The predicted octanol–water partition coefficient (Wildman–Crippen LogP) is 1.99. The molecule has 2 heterocycles. The van der Waals surface area contributed by atoms with E-state index in [1.54, 1.807) is 6.07 Å². The number of esters is 1. The van der Waals surface area contributed by atoms with E-state index in [9.17, 15) is 9.59 Å². The van der Waals surface area contributed by atoms with Gasteiger partial charge in [0.2, 0.25) is 0 Å². The van der Waals surface area contributed by atoms with Crippen molar-refractivity contribution < 1.29 is 19.1 Å². The van der Waals surface area contributed by atoms with Crippen molar-refractivity contribution in [2.45, 2.75) is 45.8 Å². The molecule has 1 atom stereocenters. The summed E-state index contributed by atoms with van der Waals surface area (Å²) in [6, 6.07) is 0.877. The number of nitrogens with zero attached hydrogens (tertiary/aromatic N) is 3. The number of carbonyl (C=O) groups excluding carboxylic acids is 2. The molecule has 2 rings (SSSR count). The summed E-state index contributed by atoms with van der Waals surface area (Å²) in [6.45, 7) is 6.77. The maximum atomic E-state index is 12.2. The maximum absolute atomic E-state index is 12.2. The number of nitrogen functional groups attached to an aromatic ring is 1. The highest BCUT2D eigenvalue weighted by Crippen LogP contribution is 2.27. The number of ether oxygens (including phenoxy) is 2. The van der Waals surface area contributed by atoms with Gasteiger partial charge in [0.25, 0.3) is 0 Å². The smallest absolute Gasteiger partial charge is 0.408 e. The van der Waals surface area contributed by atoms with Crippen LogP contribution in [-0.4, -0.2) is 54.6 Å². The van der Waals surface area contributed by atoms with Gasteiger partial charge in [-0.25, -0.2) is 9.59 Å². The first kappa shape index (κ1) is 21.0. The minimum Gasteiger partial charge on any atom is -0.467 e. The summed E-state index contributed by atoms with van der Waals surface area (Å²) in [6.07, 6.45) is 0.342. The van der Waals surface area contributed by atoms with Crippen LogP contribution in [0.5, 0.6) is 0 Å². The summed E-state index contributed by atoms with van der Waals surface area (Å²) < 4.78 is 10.2. The number of rotatable bonds is 4. The molecule has 10 heteroatoms. The van der Waals surface area contributed by atoms with Gasteiger partial charge in [0.05, 0.1) is 12.8 Å². The number of carbonyl (C=O) groups is 2. The van der Waals surface area contributed by atoms with E-state index in [0.29, 0.717) is 31.7 Å². The van der Waals surface area contributed by atoms with Crippen molar-refractivity contribution in [2.24, 2.45) is 5.41 Å². The van der Waals surface area contributed by atoms with Crippen LogP contribution in [0.1, 0.15) is 33.6 Å². The standard InChI is InChI=1S/C17H26ClN5O4/c1-17(2,3)13(15(24)26-4)20-16(25)27-10-5-7-23(8-6-10)11-9-12(18)21-22-14(11)19/h9-10,13H,5-8H2,1-4H3,(H2,19,22)(H,20,25)/t13-/m1/s1. The molecular weight excluding hydrogens is 374 g/mol. The Morgan fingerprint density at radius 3 is 2.52 bits per heavy atom. The summed E-state index contributed by atoms with van der Waals surface area (Å²) in [5.74, 6) is -0.200. The van der Waals surface area contributed by atoms with Crippen LogP contribution in [0.4, 0.5) is 16.3 Å². The van der Waals surface area contributed by atoms with E-state index in [1.165, 1.54) is 7.11 Å². The van der Waals surface area contributed by atoms with Gasteiger partial charge in [-0.2, -0.15) is 0 Å². The summed E-state index contributed by atoms with van der Waals surface area (Å²) in [5, 5.41) is 10.4. The second-order valence-corrected chi connectivity index (χ2v) is 7.88. The fraction of sp³-hybridized carbons (Fsp3) is 0.647. The number of piperidine rings is 1. The summed E-state index contributed by atoms with van der Waals surface area (Å²) in [5.41, 5.74) is 6.08. The molecule has 150 valence electrons. The number of hydrogen-bond donors (Lipinski definition) is 2. The fourth-order valence-electron chi connectivity index (χ4n) is 2.89. The molecule has 0 radical (unpaired) electrons. The van der Waals surface area contributed by atoms with Crippen molar-refractivity contribution in [1.82, 2.24) is 15.5 Å². The molecule has 1 amide bonds.